The number of carbonyl (C=O) groups is 2. The van der Waals surface area contributed by atoms with E-state index in [1.807, 2.05) is 41.8 Å². The second-order valence-electron chi connectivity index (χ2n) is 7.54. The number of benzene rings is 2. The van der Waals surface area contributed by atoms with Crippen molar-refractivity contribution in [1.82, 2.24) is 10.6 Å². The number of hydrogen-bond donors (Lipinski definition) is 2. The summed E-state index contributed by atoms with van der Waals surface area (Å²) in [4.78, 5) is 28.0. The molecule has 1 fully saturated rings. The molecule has 160 valence electrons. The SMILES string of the molecule is O=C(NC1CCN(c2ccccc2C(=O)NCc2ccc(F)cc2)CC1)c1cccs1. The number of carbonyl (C=O) groups excluding carboxylic acids is 2. The molecular weight excluding hydrogens is 413 g/mol. The Kier molecular flexibility index (Phi) is 6.62. The quantitative estimate of drug-likeness (QED) is 0.607. The van der Waals surface area contributed by atoms with Crippen molar-refractivity contribution in [2.45, 2.75) is 25.4 Å². The van der Waals surface area contributed by atoms with E-state index in [4.69, 9.17) is 0 Å². The van der Waals surface area contributed by atoms with Crippen molar-refractivity contribution >= 4 is 28.8 Å². The van der Waals surface area contributed by atoms with Crippen molar-refractivity contribution in [3.63, 3.8) is 0 Å². The third kappa shape index (κ3) is 5.30. The Bertz CT molecular complexity index is 1030. The lowest BCUT2D eigenvalue weighted by Crippen LogP contribution is -2.45. The van der Waals surface area contributed by atoms with Crippen molar-refractivity contribution in [2.24, 2.45) is 0 Å². The first-order valence-corrected chi connectivity index (χ1v) is 11.2. The molecule has 0 bridgehead atoms. The summed E-state index contributed by atoms with van der Waals surface area (Å²) in [6.45, 7) is 1.86. The molecular formula is C24H24FN3O2S. The molecule has 1 aromatic heterocycles. The van der Waals surface area contributed by atoms with Crippen LogP contribution in [0.25, 0.3) is 0 Å². The normalized spacial score (nSPS) is 14.3. The van der Waals surface area contributed by atoms with Gasteiger partial charge in [0.1, 0.15) is 5.82 Å². The lowest BCUT2D eigenvalue weighted by Gasteiger charge is -2.34. The largest absolute Gasteiger partial charge is 0.371 e. The number of piperidine rings is 1. The van der Waals surface area contributed by atoms with Gasteiger partial charge in [0.05, 0.1) is 10.4 Å². The summed E-state index contributed by atoms with van der Waals surface area (Å²) in [6, 6.07) is 17.5. The zero-order valence-electron chi connectivity index (χ0n) is 17.0. The molecule has 0 radical (unpaired) electrons. The maximum atomic E-state index is 13.1. The minimum absolute atomic E-state index is 0.0194. The fourth-order valence-electron chi connectivity index (χ4n) is 3.75. The topological polar surface area (TPSA) is 61.4 Å². The standard InChI is InChI=1S/C24H24FN3O2S/c25-18-9-7-17(8-10-18)16-26-23(29)20-4-1-2-5-21(20)28-13-11-19(12-14-28)27-24(30)22-6-3-15-31-22/h1-10,15,19H,11-14,16H2,(H,26,29)(H,27,30). The van der Waals surface area contributed by atoms with Gasteiger partial charge >= 0.3 is 0 Å². The van der Waals surface area contributed by atoms with E-state index in [1.165, 1.54) is 23.5 Å². The summed E-state index contributed by atoms with van der Waals surface area (Å²) in [5, 5.41) is 7.93. The third-order valence-electron chi connectivity index (χ3n) is 5.43. The average molecular weight is 438 g/mol. The molecule has 0 spiro atoms. The second kappa shape index (κ2) is 9.75. The van der Waals surface area contributed by atoms with Gasteiger partial charge in [-0.25, -0.2) is 4.39 Å². The van der Waals surface area contributed by atoms with Gasteiger partial charge in [0, 0.05) is 31.4 Å². The van der Waals surface area contributed by atoms with E-state index in [0.717, 1.165) is 42.1 Å². The van der Waals surface area contributed by atoms with Crippen molar-refractivity contribution < 1.29 is 14.0 Å². The summed E-state index contributed by atoms with van der Waals surface area (Å²) in [6.07, 6.45) is 1.64. The highest BCUT2D eigenvalue weighted by molar-refractivity contribution is 7.12. The number of nitrogens with zero attached hydrogens (tertiary/aromatic N) is 1. The highest BCUT2D eigenvalue weighted by atomic mass is 32.1. The minimum atomic E-state index is -0.296. The summed E-state index contributed by atoms with van der Waals surface area (Å²) in [5.74, 6) is -0.475. The predicted octanol–water partition coefficient (Wildman–Crippen LogP) is 4.22. The number of amides is 2. The molecule has 5 nitrogen and oxygen atoms in total. The molecule has 1 aliphatic heterocycles. The number of thiophene rings is 1. The van der Waals surface area contributed by atoms with Crippen LogP contribution in [0.2, 0.25) is 0 Å². The fraction of sp³-hybridized carbons (Fsp3) is 0.250. The molecule has 4 rings (SSSR count). The van der Waals surface area contributed by atoms with E-state index in [1.54, 1.807) is 12.1 Å². The van der Waals surface area contributed by atoms with Gasteiger partial charge in [-0.1, -0.05) is 30.3 Å². The molecule has 2 heterocycles. The highest BCUT2D eigenvalue weighted by Gasteiger charge is 2.24. The zero-order chi connectivity index (χ0) is 21.6. The van der Waals surface area contributed by atoms with Gasteiger partial charge in [0.2, 0.25) is 0 Å². The fourth-order valence-corrected chi connectivity index (χ4v) is 4.38. The predicted molar refractivity (Wildman–Crippen MR) is 121 cm³/mol. The molecule has 2 aromatic carbocycles. The van der Waals surface area contributed by atoms with Gasteiger partial charge in [-0.3, -0.25) is 9.59 Å². The number of para-hydroxylation sites is 1. The molecule has 0 atom stereocenters. The first kappa shape index (κ1) is 21.1. The van der Waals surface area contributed by atoms with E-state index >= 15 is 0 Å². The van der Waals surface area contributed by atoms with Crippen LogP contribution in [0.3, 0.4) is 0 Å². The second-order valence-corrected chi connectivity index (χ2v) is 8.49. The Labute approximate surface area is 184 Å². The van der Waals surface area contributed by atoms with Crippen LogP contribution in [0.5, 0.6) is 0 Å². The van der Waals surface area contributed by atoms with Crippen LogP contribution in [-0.4, -0.2) is 30.9 Å². The Balaban J connectivity index is 1.35. The highest BCUT2D eigenvalue weighted by Crippen LogP contribution is 2.25. The van der Waals surface area contributed by atoms with Gasteiger partial charge in [-0.05, 0) is 54.1 Å². The Hall–Kier alpha value is -3.19. The van der Waals surface area contributed by atoms with Gasteiger partial charge < -0.3 is 15.5 Å². The molecule has 2 N–H and O–H groups in total. The van der Waals surface area contributed by atoms with Crippen molar-refractivity contribution in [3.8, 4) is 0 Å². The zero-order valence-corrected chi connectivity index (χ0v) is 17.8. The smallest absolute Gasteiger partial charge is 0.261 e. The van der Waals surface area contributed by atoms with E-state index < -0.39 is 0 Å². The van der Waals surface area contributed by atoms with Crippen molar-refractivity contribution in [1.29, 1.82) is 0 Å². The maximum Gasteiger partial charge on any atom is 0.261 e. The van der Waals surface area contributed by atoms with Gasteiger partial charge in [0.15, 0.2) is 0 Å². The number of halogens is 1. The van der Waals surface area contributed by atoms with Crippen LogP contribution in [0, 0.1) is 5.82 Å². The van der Waals surface area contributed by atoms with Crippen LogP contribution in [0.15, 0.2) is 66.0 Å². The molecule has 31 heavy (non-hydrogen) atoms. The number of nitrogens with one attached hydrogen (secondary N) is 2. The Morgan fingerprint density at radius 2 is 1.71 bits per heavy atom. The van der Waals surface area contributed by atoms with Crippen LogP contribution >= 0.6 is 11.3 Å². The lowest BCUT2D eigenvalue weighted by molar-refractivity contribution is 0.0933. The van der Waals surface area contributed by atoms with E-state index in [9.17, 15) is 14.0 Å². The summed E-state index contributed by atoms with van der Waals surface area (Å²) in [7, 11) is 0. The number of hydrogen-bond acceptors (Lipinski definition) is 4. The summed E-state index contributed by atoms with van der Waals surface area (Å²) in [5.41, 5.74) is 2.35. The number of anilines is 1. The number of rotatable bonds is 6. The van der Waals surface area contributed by atoms with E-state index in [0.29, 0.717) is 12.1 Å². The minimum Gasteiger partial charge on any atom is -0.371 e. The Morgan fingerprint density at radius 3 is 2.42 bits per heavy atom. The van der Waals surface area contributed by atoms with Crippen LogP contribution in [0.4, 0.5) is 10.1 Å². The average Bonchev–Trinajstić information content (AvgIpc) is 3.34. The molecule has 1 aliphatic rings. The monoisotopic (exact) mass is 437 g/mol. The first-order valence-electron chi connectivity index (χ1n) is 10.3. The molecule has 1 saturated heterocycles. The molecule has 0 saturated carbocycles. The summed E-state index contributed by atoms with van der Waals surface area (Å²) >= 11 is 1.44. The van der Waals surface area contributed by atoms with E-state index in [-0.39, 0.29) is 23.7 Å². The van der Waals surface area contributed by atoms with Crippen molar-refractivity contribution in [2.75, 3.05) is 18.0 Å². The first-order chi connectivity index (χ1) is 15.1. The molecule has 0 unspecified atom stereocenters. The lowest BCUT2D eigenvalue weighted by atomic mass is 10.0. The van der Waals surface area contributed by atoms with Crippen LogP contribution in [0.1, 0.15) is 38.4 Å². The summed E-state index contributed by atoms with van der Waals surface area (Å²) < 4.78 is 13.1. The van der Waals surface area contributed by atoms with Gasteiger partial charge in [0.25, 0.3) is 11.8 Å². The molecule has 3 aromatic rings. The maximum absolute atomic E-state index is 13.1. The Morgan fingerprint density at radius 1 is 0.968 bits per heavy atom. The van der Waals surface area contributed by atoms with E-state index in [2.05, 4.69) is 15.5 Å². The van der Waals surface area contributed by atoms with Crippen LogP contribution < -0.4 is 15.5 Å². The van der Waals surface area contributed by atoms with Crippen LogP contribution in [-0.2, 0) is 6.54 Å². The molecule has 0 aliphatic carbocycles. The molecule has 7 heteroatoms. The van der Waals surface area contributed by atoms with Gasteiger partial charge in [-0.2, -0.15) is 0 Å². The molecule has 2 amide bonds. The van der Waals surface area contributed by atoms with Crippen molar-refractivity contribution in [3.05, 3.63) is 87.9 Å². The van der Waals surface area contributed by atoms with Gasteiger partial charge in [-0.15, -0.1) is 11.3 Å². The third-order valence-corrected chi connectivity index (χ3v) is 6.30.